The Kier molecular flexibility index (Phi) is 2.94. The van der Waals surface area contributed by atoms with E-state index in [1.54, 1.807) is 11.0 Å². The fourth-order valence-corrected chi connectivity index (χ4v) is 1.73. The molecule has 0 unspecified atom stereocenters. The summed E-state index contributed by atoms with van der Waals surface area (Å²) in [6.07, 6.45) is 0.867. The van der Waals surface area contributed by atoms with E-state index >= 15 is 0 Å². The van der Waals surface area contributed by atoms with Gasteiger partial charge in [-0.1, -0.05) is 0 Å². The average molecular weight is 224 g/mol. The molecule has 16 heavy (non-hydrogen) atoms. The van der Waals surface area contributed by atoms with Gasteiger partial charge in [-0.25, -0.2) is 9.18 Å². The first-order chi connectivity index (χ1) is 7.72. The maximum absolute atomic E-state index is 13.0. The van der Waals surface area contributed by atoms with Gasteiger partial charge in [-0.3, -0.25) is 4.90 Å². The van der Waals surface area contributed by atoms with Gasteiger partial charge in [0, 0.05) is 19.2 Å². The highest BCUT2D eigenvalue weighted by Gasteiger charge is 2.22. The van der Waals surface area contributed by atoms with Crippen LogP contribution in [-0.2, 0) is 0 Å². The zero-order chi connectivity index (χ0) is 11.5. The number of hydrogen-bond donors (Lipinski definition) is 1. The standard InChI is InChI=1S/C11H13FN2O2/c1-16-10-7-8(12)3-4-9(10)14-6-2-5-13-11(14)15/h3-4,7H,2,5-6H2,1H3,(H,13,15). The molecule has 0 aliphatic carbocycles. The van der Waals surface area contributed by atoms with Gasteiger partial charge in [-0.2, -0.15) is 0 Å². The third-order valence-electron chi connectivity index (χ3n) is 2.51. The summed E-state index contributed by atoms with van der Waals surface area (Å²) in [6.45, 7) is 1.30. The molecule has 86 valence electrons. The monoisotopic (exact) mass is 224 g/mol. The van der Waals surface area contributed by atoms with Gasteiger partial charge in [0.05, 0.1) is 12.8 Å². The Labute approximate surface area is 93.0 Å². The predicted molar refractivity (Wildman–Crippen MR) is 58.3 cm³/mol. The normalized spacial score (nSPS) is 15.9. The van der Waals surface area contributed by atoms with Crippen LogP contribution in [0, 0.1) is 5.82 Å². The first-order valence-electron chi connectivity index (χ1n) is 5.11. The van der Waals surface area contributed by atoms with E-state index in [-0.39, 0.29) is 11.8 Å². The number of urea groups is 1. The van der Waals surface area contributed by atoms with Crippen molar-refractivity contribution in [2.45, 2.75) is 6.42 Å². The second kappa shape index (κ2) is 4.38. The number of anilines is 1. The Hall–Kier alpha value is -1.78. The summed E-state index contributed by atoms with van der Waals surface area (Å²) >= 11 is 0. The van der Waals surface area contributed by atoms with Crippen molar-refractivity contribution < 1.29 is 13.9 Å². The van der Waals surface area contributed by atoms with Crippen LogP contribution in [0.5, 0.6) is 5.75 Å². The van der Waals surface area contributed by atoms with Gasteiger partial charge in [-0.15, -0.1) is 0 Å². The molecule has 0 radical (unpaired) electrons. The highest BCUT2D eigenvalue weighted by molar-refractivity contribution is 5.94. The number of nitrogens with one attached hydrogen (secondary N) is 1. The first kappa shape index (κ1) is 10.7. The van der Waals surface area contributed by atoms with Gasteiger partial charge in [-0.05, 0) is 18.6 Å². The molecule has 1 N–H and O–H groups in total. The second-order valence-electron chi connectivity index (χ2n) is 3.55. The summed E-state index contributed by atoms with van der Waals surface area (Å²) < 4.78 is 18.1. The average Bonchev–Trinajstić information content (AvgIpc) is 2.30. The van der Waals surface area contributed by atoms with Crippen LogP contribution in [0.2, 0.25) is 0 Å². The Balaban J connectivity index is 2.34. The van der Waals surface area contributed by atoms with E-state index < -0.39 is 0 Å². The summed E-state index contributed by atoms with van der Waals surface area (Å²) in [4.78, 5) is 13.2. The highest BCUT2D eigenvalue weighted by atomic mass is 19.1. The van der Waals surface area contributed by atoms with E-state index in [1.165, 1.54) is 19.2 Å². The van der Waals surface area contributed by atoms with Crippen molar-refractivity contribution in [1.29, 1.82) is 0 Å². The summed E-state index contributed by atoms with van der Waals surface area (Å²) in [6, 6.07) is 3.98. The van der Waals surface area contributed by atoms with Crippen molar-refractivity contribution in [3.05, 3.63) is 24.0 Å². The number of carbonyl (C=O) groups is 1. The summed E-state index contributed by atoms with van der Waals surface area (Å²) in [5, 5.41) is 2.73. The maximum atomic E-state index is 13.0. The van der Waals surface area contributed by atoms with Gasteiger partial charge in [0.25, 0.3) is 0 Å². The van der Waals surface area contributed by atoms with E-state index in [4.69, 9.17) is 4.74 Å². The first-order valence-corrected chi connectivity index (χ1v) is 5.11. The molecule has 1 fully saturated rings. The number of carbonyl (C=O) groups excluding carboxylic acids is 1. The zero-order valence-corrected chi connectivity index (χ0v) is 9.00. The molecule has 0 saturated carbocycles. The molecule has 1 aromatic carbocycles. The Morgan fingerprint density at radius 1 is 1.50 bits per heavy atom. The minimum atomic E-state index is -0.377. The topological polar surface area (TPSA) is 41.6 Å². The third-order valence-corrected chi connectivity index (χ3v) is 2.51. The number of nitrogens with zero attached hydrogens (tertiary/aromatic N) is 1. The van der Waals surface area contributed by atoms with Crippen LogP contribution in [0.1, 0.15) is 6.42 Å². The van der Waals surface area contributed by atoms with Gasteiger partial charge in [0.2, 0.25) is 0 Å². The van der Waals surface area contributed by atoms with Crippen LogP contribution in [-0.4, -0.2) is 26.2 Å². The molecule has 1 aliphatic heterocycles. The molecule has 5 heteroatoms. The number of methoxy groups -OCH3 is 1. The van der Waals surface area contributed by atoms with E-state index in [0.717, 1.165) is 6.42 Å². The number of hydrogen-bond acceptors (Lipinski definition) is 2. The molecular weight excluding hydrogens is 211 g/mol. The Bertz CT molecular complexity index is 409. The van der Waals surface area contributed by atoms with Crippen LogP contribution >= 0.6 is 0 Å². The van der Waals surface area contributed by atoms with Crippen molar-refractivity contribution in [1.82, 2.24) is 5.32 Å². The van der Waals surface area contributed by atoms with Crippen molar-refractivity contribution in [3.8, 4) is 5.75 Å². The molecule has 4 nitrogen and oxygen atoms in total. The van der Waals surface area contributed by atoms with Gasteiger partial charge < -0.3 is 10.1 Å². The third kappa shape index (κ3) is 1.93. The lowest BCUT2D eigenvalue weighted by Gasteiger charge is -2.28. The van der Waals surface area contributed by atoms with Crippen LogP contribution in [0.15, 0.2) is 18.2 Å². The number of rotatable bonds is 2. The quantitative estimate of drug-likeness (QED) is 0.831. The molecule has 0 spiro atoms. The highest BCUT2D eigenvalue weighted by Crippen LogP contribution is 2.29. The Morgan fingerprint density at radius 3 is 3.00 bits per heavy atom. The maximum Gasteiger partial charge on any atom is 0.321 e. The molecule has 0 bridgehead atoms. The Morgan fingerprint density at radius 2 is 2.31 bits per heavy atom. The minimum absolute atomic E-state index is 0.170. The van der Waals surface area contributed by atoms with Crippen molar-refractivity contribution in [3.63, 3.8) is 0 Å². The van der Waals surface area contributed by atoms with Gasteiger partial charge in [0.1, 0.15) is 11.6 Å². The van der Waals surface area contributed by atoms with E-state index in [1.807, 2.05) is 0 Å². The van der Waals surface area contributed by atoms with E-state index in [9.17, 15) is 9.18 Å². The molecule has 2 amide bonds. The van der Waals surface area contributed by atoms with E-state index in [2.05, 4.69) is 5.32 Å². The predicted octanol–water partition coefficient (Wildman–Crippen LogP) is 1.75. The molecule has 0 atom stereocenters. The van der Waals surface area contributed by atoms with Crippen molar-refractivity contribution in [2.24, 2.45) is 0 Å². The molecule has 1 saturated heterocycles. The van der Waals surface area contributed by atoms with Crippen LogP contribution in [0.4, 0.5) is 14.9 Å². The molecule has 1 heterocycles. The number of benzene rings is 1. The molecule has 0 aromatic heterocycles. The van der Waals surface area contributed by atoms with Gasteiger partial charge >= 0.3 is 6.03 Å². The number of halogens is 1. The summed E-state index contributed by atoms with van der Waals surface area (Å²) in [5.74, 6) is -0.00457. The van der Waals surface area contributed by atoms with E-state index in [0.29, 0.717) is 24.5 Å². The SMILES string of the molecule is COc1cc(F)ccc1N1CCCNC1=O. The lowest BCUT2D eigenvalue weighted by Crippen LogP contribution is -2.46. The summed E-state index contributed by atoms with van der Waals surface area (Å²) in [5.41, 5.74) is 0.598. The van der Waals surface area contributed by atoms with Crippen molar-refractivity contribution in [2.75, 3.05) is 25.1 Å². The fourth-order valence-electron chi connectivity index (χ4n) is 1.73. The zero-order valence-electron chi connectivity index (χ0n) is 9.00. The number of amides is 2. The smallest absolute Gasteiger partial charge is 0.321 e. The molecule has 1 aliphatic rings. The van der Waals surface area contributed by atoms with Gasteiger partial charge in [0.15, 0.2) is 0 Å². The van der Waals surface area contributed by atoms with Crippen LogP contribution < -0.4 is 15.0 Å². The number of ether oxygens (including phenoxy) is 1. The van der Waals surface area contributed by atoms with Crippen LogP contribution in [0.3, 0.4) is 0 Å². The largest absolute Gasteiger partial charge is 0.494 e. The molecule has 1 aromatic rings. The summed E-state index contributed by atoms with van der Waals surface area (Å²) in [7, 11) is 1.46. The molecular formula is C11H13FN2O2. The van der Waals surface area contributed by atoms with Crippen LogP contribution in [0.25, 0.3) is 0 Å². The lowest BCUT2D eigenvalue weighted by molar-refractivity contribution is 0.242. The lowest BCUT2D eigenvalue weighted by atomic mass is 10.2. The minimum Gasteiger partial charge on any atom is -0.494 e. The fraction of sp³-hybridized carbons (Fsp3) is 0.364. The molecule has 2 rings (SSSR count). The van der Waals surface area contributed by atoms with Crippen molar-refractivity contribution >= 4 is 11.7 Å². The second-order valence-corrected chi connectivity index (χ2v) is 3.55.